The van der Waals surface area contributed by atoms with Crippen molar-refractivity contribution in [2.75, 3.05) is 23.0 Å². The molecule has 1 atom stereocenters. The van der Waals surface area contributed by atoms with Crippen molar-refractivity contribution in [3.63, 3.8) is 0 Å². The number of carbonyl (C=O) groups is 1. The van der Waals surface area contributed by atoms with E-state index in [4.69, 9.17) is 16.7 Å². The molecule has 1 heterocycles. The van der Waals surface area contributed by atoms with E-state index in [0.29, 0.717) is 11.1 Å². The van der Waals surface area contributed by atoms with E-state index in [-0.39, 0.29) is 0 Å². The molecule has 0 bridgehead atoms. The number of anilines is 1. The summed E-state index contributed by atoms with van der Waals surface area (Å²) < 4.78 is 0. The van der Waals surface area contributed by atoms with Gasteiger partial charge in [-0.05, 0) is 24.6 Å². The van der Waals surface area contributed by atoms with Gasteiger partial charge >= 0.3 is 5.97 Å². The Morgan fingerprint density at radius 2 is 2.37 bits per heavy atom. The Balaban J connectivity index is 2.39. The monoisotopic (exact) mass is 297 g/mol. The van der Waals surface area contributed by atoms with E-state index in [9.17, 15) is 4.79 Å². The molecule has 0 radical (unpaired) electrons. The third kappa shape index (κ3) is 3.45. The van der Waals surface area contributed by atoms with Gasteiger partial charge in [-0.2, -0.15) is 11.8 Å². The number of carboxylic acid groups (broad SMARTS) is 1. The van der Waals surface area contributed by atoms with Gasteiger partial charge in [0.1, 0.15) is 0 Å². The summed E-state index contributed by atoms with van der Waals surface area (Å²) in [6.45, 7) is 3.10. The molecule has 2 rings (SSSR count). The Hall–Kier alpha value is -1.13. The largest absolute Gasteiger partial charge is 0.478 e. The highest BCUT2D eigenvalue weighted by atomic mass is 35.5. The highest BCUT2D eigenvalue weighted by Gasteiger charge is 2.22. The SMILES string of the molecule is CC1CSCCN1c1c(Cl)cccc1/C=C/C(=O)O. The molecule has 0 aromatic heterocycles. The molecule has 102 valence electrons. The van der Waals surface area contributed by atoms with Gasteiger partial charge in [-0.25, -0.2) is 4.79 Å². The van der Waals surface area contributed by atoms with Gasteiger partial charge in [-0.15, -0.1) is 0 Å². The van der Waals surface area contributed by atoms with E-state index >= 15 is 0 Å². The standard InChI is InChI=1S/C14H16ClNO2S/c1-10-9-19-8-7-16(10)14-11(5-6-13(17)18)3-2-4-12(14)15/h2-6,10H,7-9H2,1H3,(H,17,18)/b6-5+. The number of para-hydroxylation sites is 1. The number of carboxylic acids is 1. The lowest BCUT2D eigenvalue weighted by Gasteiger charge is -2.36. The van der Waals surface area contributed by atoms with E-state index in [1.165, 1.54) is 0 Å². The number of hydrogen-bond donors (Lipinski definition) is 1. The van der Waals surface area contributed by atoms with Crippen LogP contribution in [0.1, 0.15) is 12.5 Å². The van der Waals surface area contributed by atoms with E-state index in [0.717, 1.165) is 35.4 Å². The predicted molar refractivity (Wildman–Crippen MR) is 82.3 cm³/mol. The third-order valence-corrected chi connectivity index (χ3v) is 4.57. The fourth-order valence-corrected chi connectivity index (χ4v) is 3.49. The summed E-state index contributed by atoms with van der Waals surface area (Å²) in [6, 6.07) is 5.99. The highest BCUT2D eigenvalue weighted by Crippen LogP contribution is 2.34. The van der Waals surface area contributed by atoms with Crippen LogP contribution in [0.2, 0.25) is 5.02 Å². The summed E-state index contributed by atoms with van der Waals surface area (Å²) in [5.41, 5.74) is 1.79. The first-order valence-corrected chi connectivity index (χ1v) is 7.67. The smallest absolute Gasteiger partial charge is 0.328 e. The third-order valence-electron chi connectivity index (χ3n) is 3.08. The number of aliphatic carboxylic acids is 1. The van der Waals surface area contributed by atoms with Crippen LogP contribution in [0.15, 0.2) is 24.3 Å². The van der Waals surface area contributed by atoms with Crippen LogP contribution in [0.25, 0.3) is 6.08 Å². The van der Waals surface area contributed by atoms with Crippen molar-refractivity contribution in [3.05, 3.63) is 34.9 Å². The first-order valence-electron chi connectivity index (χ1n) is 6.13. The van der Waals surface area contributed by atoms with E-state index < -0.39 is 5.97 Å². The van der Waals surface area contributed by atoms with Crippen molar-refractivity contribution in [1.82, 2.24) is 0 Å². The molecule has 0 amide bonds. The Bertz CT molecular complexity index is 504. The number of halogens is 1. The van der Waals surface area contributed by atoms with Crippen LogP contribution in [0.3, 0.4) is 0 Å². The average molecular weight is 298 g/mol. The second-order valence-electron chi connectivity index (χ2n) is 4.47. The molecule has 1 aromatic carbocycles. The Labute approximate surface area is 122 Å². The Morgan fingerprint density at radius 1 is 1.58 bits per heavy atom. The van der Waals surface area contributed by atoms with Crippen LogP contribution in [0.4, 0.5) is 5.69 Å². The second-order valence-corrected chi connectivity index (χ2v) is 6.02. The molecule has 0 saturated carbocycles. The number of hydrogen-bond acceptors (Lipinski definition) is 3. The fraction of sp³-hybridized carbons (Fsp3) is 0.357. The first-order chi connectivity index (χ1) is 9.09. The zero-order valence-electron chi connectivity index (χ0n) is 10.7. The van der Waals surface area contributed by atoms with Crippen LogP contribution in [-0.2, 0) is 4.79 Å². The van der Waals surface area contributed by atoms with Crippen molar-refractivity contribution >= 4 is 41.1 Å². The van der Waals surface area contributed by atoms with Crippen molar-refractivity contribution in [2.24, 2.45) is 0 Å². The molecule has 1 unspecified atom stereocenters. The minimum Gasteiger partial charge on any atom is -0.478 e. The van der Waals surface area contributed by atoms with Crippen LogP contribution < -0.4 is 4.90 Å². The summed E-state index contributed by atoms with van der Waals surface area (Å²) in [4.78, 5) is 12.9. The molecule has 3 nitrogen and oxygen atoms in total. The average Bonchev–Trinajstić information content (AvgIpc) is 2.37. The molecule has 1 aliphatic heterocycles. The topological polar surface area (TPSA) is 40.5 Å². The van der Waals surface area contributed by atoms with Gasteiger partial charge in [0, 0.05) is 30.2 Å². The summed E-state index contributed by atoms with van der Waals surface area (Å²) >= 11 is 8.25. The molecule has 0 spiro atoms. The number of nitrogens with zero attached hydrogens (tertiary/aromatic N) is 1. The summed E-state index contributed by atoms with van der Waals surface area (Å²) in [6.07, 6.45) is 2.76. The first kappa shape index (κ1) is 14.3. The van der Waals surface area contributed by atoms with Gasteiger partial charge in [0.05, 0.1) is 10.7 Å². The van der Waals surface area contributed by atoms with E-state index in [2.05, 4.69) is 11.8 Å². The normalized spacial score (nSPS) is 19.9. The second kappa shape index (κ2) is 6.35. The van der Waals surface area contributed by atoms with Crippen molar-refractivity contribution in [1.29, 1.82) is 0 Å². The molecule has 5 heteroatoms. The molecule has 1 saturated heterocycles. The van der Waals surface area contributed by atoms with Gasteiger partial charge < -0.3 is 10.0 Å². The summed E-state index contributed by atoms with van der Waals surface area (Å²) in [5, 5.41) is 9.43. The minimum absolute atomic E-state index is 0.399. The fourth-order valence-electron chi connectivity index (χ4n) is 2.19. The van der Waals surface area contributed by atoms with Gasteiger partial charge in [0.15, 0.2) is 0 Å². The summed E-state index contributed by atoms with van der Waals surface area (Å²) in [5.74, 6) is 1.18. The maximum Gasteiger partial charge on any atom is 0.328 e. The van der Waals surface area contributed by atoms with Crippen LogP contribution in [0, 0.1) is 0 Å². The molecular weight excluding hydrogens is 282 g/mol. The minimum atomic E-state index is -0.951. The molecule has 0 aliphatic carbocycles. The van der Waals surface area contributed by atoms with Gasteiger partial charge in [-0.3, -0.25) is 0 Å². The van der Waals surface area contributed by atoms with Crippen molar-refractivity contribution in [2.45, 2.75) is 13.0 Å². The maximum atomic E-state index is 10.7. The maximum absolute atomic E-state index is 10.7. The predicted octanol–water partition coefficient (Wildman–Crippen LogP) is 3.38. The van der Waals surface area contributed by atoms with Crippen molar-refractivity contribution in [3.8, 4) is 0 Å². The van der Waals surface area contributed by atoms with Crippen LogP contribution >= 0.6 is 23.4 Å². The molecule has 1 N–H and O–H groups in total. The van der Waals surface area contributed by atoms with Gasteiger partial charge in [-0.1, -0.05) is 23.7 Å². The Morgan fingerprint density at radius 3 is 3.05 bits per heavy atom. The van der Waals surface area contributed by atoms with Crippen LogP contribution in [0.5, 0.6) is 0 Å². The number of thioether (sulfide) groups is 1. The quantitative estimate of drug-likeness (QED) is 0.868. The van der Waals surface area contributed by atoms with Gasteiger partial charge in [0.2, 0.25) is 0 Å². The zero-order chi connectivity index (χ0) is 13.8. The lowest BCUT2D eigenvalue weighted by Crippen LogP contribution is -2.40. The van der Waals surface area contributed by atoms with E-state index in [1.54, 1.807) is 6.08 Å². The lowest BCUT2D eigenvalue weighted by molar-refractivity contribution is -0.131. The Kier molecular flexibility index (Phi) is 4.77. The summed E-state index contributed by atoms with van der Waals surface area (Å²) in [7, 11) is 0. The molecular formula is C14H16ClNO2S. The molecule has 1 fully saturated rings. The van der Waals surface area contributed by atoms with Gasteiger partial charge in [0.25, 0.3) is 0 Å². The molecule has 1 aliphatic rings. The van der Waals surface area contributed by atoms with Crippen LogP contribution in [-0.4, -0.2) is 35.2 Å². The lowest BCUT2D eigenvalue weighted by atomic mass is 10.1. The number of benzene rings is 1. The zero-order valence-corrected chi connectivity index (χ0v) is 12.2. The number of rotatable bonds is 3. The van der Waals surface area contributed by atoms with Crippen molar-refractivity contribution < 1.29 is 9.90 Å². The van der Waals surface area contributed by atoms with E-state index in [1.807, 2.05) is 30.0 Å². The molecule has 1 aromatic rings. The molecule has 19 heavy (non-hydrogen) atoms. The highest BCUT2D eigenvalue weighted by molar-refractivity contribution is 7.99.